The maximum atomic E-state index is 12.1. The van der Waals surface area contributed by atoms with Crippen molar-refractivity contribution in [1.82, 2.24) is 14.4 Å². The van der Waals surface area contributed by atoms with Crippen LogP contribution in [0.25, 0.3) is 27.9 Å². The molecular formula is C18H14FN3O. The van der Waals surface area contributed by atoms with Gasteiger partial charge in [-0.1, -0.05) is 24.3 Å². The molecule has 0 aliphatic rings. The van der Waals surface area contributed by atoms with Gasteiger partial charge in [0.25, 0.3) is 0 Å². The van der Waals surface area contributed by atoms with Crippen molar-refractivity contribution in [3.8, 4) is 16.9 Å². The van der Waals surface area contributed by atoms with Crippen molar-refractivity contribution in [3.63, 3.8) is 0 Å². The SMILES string of the molecule is FCCOc1ccc(-c2cnc3nc4ccccc4n3c2)cc1. The van der Waals surface area contributed by atoms with E-state index in [1.54, 1.807) is 6.20 Å². The zero-order valence-electron chi connectivity index (χ0n) is 12.3. The summed E-state index contributed by atoms with van der Waals surface area (Å²) in [6, 6.07) is 15.5. The number of aromatic nitrogens is 3. The summed E-state index contributed by atoms with van der Waals surface area (Å²) in [6.45, 7) is -0.413. The van der Waals surface area contributed by atoms with Crippen LogP contribution in [0.4, 0.5) is 4.39 Å². The fourth-order valence-electron chi connectivity index (χ4n) is 2.60. The van der Waals surface area contributed by atoms with Crippen molar-refractivity contribution in [2.24, 2.45) is 0 Å². The smallest absolute Gasteiger partial charge is 0.234 e. The zero-order chi connectivity index (χ0) is 15.6. The van der Waals surface area contributed by atoms with Crippen molar-refractivity contribution < 1.29 is 9.13 Å². The summed E-state index contributed by atoms with van der Waals surface area (Å²) in [5, 5.41) is 0. The lowest BCUT2D eigenvalue weighted by molar-refractivity contribution is 0.273. The largest absolute Gasteiger partial charge is 0.491 e. The van der Waals surface area contributed by atoms with Gasteiger partial charge in [0.15, 0.2) is 0 Å². The molecular weight excluding hydrogens is 293 g/mol. The molecule has 23 heavy (non-hydrogen) atoms. The van der Waals surface area contributed by atoms with E-state index in [-0.39, 0.29) is 6.61 Å². The second-order valence-corrected chi connectivity index (χ2v) is 5.17. The lowest BCUT2D eigenvalue weighted by Gasteiger charge is -2.06. The van der Waals surface area contributed by atoms with Crippen LogP contribution in [0.3, 0.4) is 0 Å². The number of nitrogens with zero attached hydrogens (tertiary/aromatic N) is 3. The molecule has 0 amide bonds. The minimum atomic E-state index is -0.490. The molecule has 0 radical (unpaired) electrons. The van der Waals surface area contributed by atoms with Gasteiger partial charge in [-0.2, -0.15) is 0 Å². The van der Waals surface area contributed by atoms with Crippen LogP contribution in [0.1, 0.15) is 0 Å². The van der Waals surface area contributed by atoms with E-state index in [1.165, 1.54) is 0 Å². The summed E-state index contributed by atoms with van der Waals surface area (Å²) in [6.07, 6.45) is 3.83. The van der Waals surface area contributed by atoms with Gasteiger partial charge in [0, 0.05) is 18.0 Å². The highest BCUT2D eigenvalue weighted by Crippen LogP contribution is 2.24. The maximum absolute atomic E-state index is 12.1. The van der Waals surface area contributed by atoms with Gasteiger partial charge in [0.1, 0.15) is 19.0 Å². The molecule has 2 heterocycles. The molecule has 4 aromatic rings. The standard InChI is InChI=1S/C18H14FN3O/c19-9-10-23-15-7-5-13(6-8-15)14-11-20-18-21-16-3-1-2-4-17(16)22(18)12-14/h1-8,11-12H,9-10H2. The van der Waals surface area contributed by atoms with E-state index in [2.05, 4.69) is 9.97 Å². The fraction of sp³-hybridized carbons (Fsp3) is 0.111. The third-order valence-electron chi connectivity index (χ3n) is 3.70. The molecule has 0 saturated heterocycles. The highest BCUT2D eigenvalue weighted by atomic mass is 19.1. The van der Waals surface area contributed by atoms with Gasteiger partial charge in [-0.3, -0.25) is 4.40 Å². The van der Waals surface area contributed by atoms with Crippen LogP contribution in [0.5, 0.6) is 5.75 Å². The Kier molecular flexibility index (Phi) is 3.38. The quantitative estimate of drug-likeness (QED) is 0.574. The number of halogens is 1. The predicted molar refractivity (Wildman–Crippen MR) is 87.4 cm³/mol. The van der Waals surface area contributed by atoms with Crippen LogP contribution < -0.4 is 4.74 Å². The molecule has 4 nitrogen and oxygen atoms in total. The number of imidazole rings is 1. The molecule has 0 atom stereocenters. The molecule has 4 rings (SSSR count). The molecule has 2 aromatic carbocycles. The van der Waals surface area contributed by atoms with Crippen molar-refractivity contribution in [3.05, 3.63) is 60.9 Å². The number of alkyl halides is 1. The Morgan fingerprint density at radius 3 is 2.65 bits per heavy atom. The van der Waals surface area contributed by atoms with Gasteiger partial charge in [-0.25, -0.2) is 14.4 Å². The highest BCUT2D eigenvalue weighted by molar-refractivity contribution is 5.80. The van der Waals surface area contributed by atoms with E-state index < -0.39 is 6.67 Å². The number of ether oxygens (including phenoxy) is 1. The van der Waals surface area contributed by atoms with Crippen molar-refractivity contribution in [2.45, 2.75) is 0 Å². The molecule has 0 fully saturated rings. The van der Waals surface area contributed by atoms with E-state index in [0.29, 0.717) is 11.5 Å². The summed E-state index contributed by atoms with van der Waals surface area (Å²) in [7, 11) is 0. The first kappa shape index (κ1) is 13.7. The topological polar surface area (TPSA) is 39.4 Å². The predicted octanol–water partition coefficient (Wildman–Crippen LogP) is 3.90. The van der Waals surface area contributed by atoms with Crippen LogP contribution in [0, 0.1) is 0 Å². The van der Waals surface area contributed by atoms with Crippen LogP contribution in [-0.4, -0.2) is 27.7 Å². The highest BCUT2D eigenvalue weighted by Gasteiger charge is 2.07. The summed E-state index contributed by atoms with van der Waals surface area (Å²) in [4.78, 5) is 8.93. The molecule has 114 valence electrons. The molecule has 0 spiro atoms. The van der Waals surface area contributed by atoms with Gasteiger partial charge in [-0.15, -0.1) is 0 Å². The Morgan fingerprint density at radius 1 is 1.00 bits per heavy atom. The van der Waals surface area contributed by atoms with Crippen LogP contribution in [-0.2, 0) is 0 Å². The van der Waals surface area contributed by atoms with Crippen molar-refractivity contribution in [2.75, 3.05) is 13.3 Å². The minimum absolute atomic E-state index is 0.0773. The molecule has 2 aromatic heterocycles. The summed E-state index contributed by atoms with van der Waals surface area (Å²) in [5.74, 6) is 1.34. The van der Waals surface area contributed by atoms with Gasteiger partial charge >= 0.3 is 0 Å². The average Bonchev–Trinajstić information content (AvgIpc) is 2.98. The lowest BCUT2D eigenvalue weighted by atomic mass is 10.1. The summed E-state index contributed by atoms with van der Waals surface area (Å²) >= 11 is 0. The molecule has 0 N–H and O–H groups in total. The molecule has 0 aliphatic heterocycles. The summed E-state index contributed by atoms with van der Waals surface area (Å²) < 4.78 is 19.4. The number of hydrogen-bond donors (Lipinski definition) is 0. The van der Waals surface area contributed by atoms with Crippen molar-refractivity contribution in [1.29, 1.82) is 0 Å². The Bertz CT molecular complexity index is 963. The van der Waals surface area contributed by atoms with E-state index in [1.807, 2.05) is 59.1 Å². The van der Waals surface area contributed by atoms with E-state index in [4.69, 9.17) is 4.74 Å². The third-order valence-corrected chi connectivity index (χ3v) is 3.70. The average molecular weight is 307 g/mol. The Morgan fingerprint density at radius 2 is 1.83 bits per heavy atom. The number of rotatable bonds is 4. The van der Waals surface area contributed by atoms with Crippen LogP contribution in [0.15, 0.2) is 60.9 Å². The number of para-hydroxylation sites is 2. The Hall–Kier alpha value is -2.95. The Labute approximate surface area is 132 Å². The van der Waals surface area contributed by atoms with E-state index >= 15 is 0 Å². The van der Waals surface area contributed by atoms with E-state index in [9.17, 15) is 4.39 Å². The third kappa shape index (κ3) is 2.50. The fourth-order valence-corrected chi connectivity index (χ4v) is 2.60. The summed E-state index contributed by atoms with van der Waals surface area (Å²) in [5.41, 5.74) is 3.95. The van der Waals surface area contributed by atoms with Gasteiger partial charge in [0.05, 0.1) is 11.0 Å². The van der Waals surface area contributed by atoms with Crippen LogP contribution >= 0.6 is 0 Å². The monoisotopic (exact) mass is 307 g/mol. The first-order valence-corrected chi connectivity index (χ1v) is 7.37. The zero-order valence-corrected chi connectivity index (χ0v) is 12.3. The number of fused-ring (bicyclic) bond motifs is 3. The second kappa shape index (κ2) is 5.68. The maximum Gasteiger partial charge on any atom is 0.234 e. The first-order chi connectivity index (χ1) is 11.3. The normalized spacial score (nSPS) is 11.2. The molecule has 5 heteroatoms. The number of benzene rings is 2. The van der Waals surface area contributed by atoms with Gasteiger partial charge in [0.2, 0.25) is 5.78 Å². The second-order valence-electron chi connectivity index (χ2n) is 5.17. The van der Waals surface area contributed by atoms with Gasteiger partial charge < -0.3 is 4.74 Å². The van der Waals surface area contributed by atoms with E-state index in [0.717, 1.165) is 22.2 Å². The van der Waals surface area contributed by atoms with Gasteiger partial charge in [-0.05, 0) is 29.8 Å². The lowest BCUT2D eigenvalue weighted by Crippen LogP contribution is -1.98. The van der Waals surface area contributed by atoms with Crippen LogP contribution in [0.2, 0.25) is 0 Å². The minimum Gasteiger partial charge on any atom is -0.491 e. The van der Waals surface area contributed by atoms with Crippen molar-refractivity contribution >= 4 is 16.8 Å². The first-order valence-electron chi connectivity index (χ1n) is 7.37. The molecule has 0 aliphatic carbocycles. The molecule has 0 unspecified atom stereocenters. The molecule has 0 bridgehead atoms. The molecule has 0 saturated carbocycles. The number of hydrogen-bond acceptors (Lipinski definition) is 3. The Balaban J connectivity index is 1.75.